The van der Waals surface area contributed by atoms with Crippen molar-refractivity contribution in [1.29, 1.82) is 0 Å². The van der Waals surface area contributed by atoms with Gasteiger partial charge in [-0.05, 0) is 18.6 Å². The molecule has 1 fully saturated rings. The van der Waals surface area contributed by atoms with E-state index in [0.29, 0.717) is 18.8 Å². The second kappa shape index (κ2) is 6.16. The highest BCUT2D eigenvalue weighted by Gasteiger charge is 2.33. The van der Waals surface area contributed by atoms with Crippen molar-refractivity contribution in [3.05, 3.63) is 22.2 Å². The molecule has 2 N–H and O–H groups in total. The van der Waals surface area contributed by atoms with Crippen LogP contribution in [0.3, 0.4) is 0 Å². The third-order valence-corrected chi connectivity index (χ3v) is 7.61. The lowest BCUT2D eigenvalue weighted by atomic mass is 10.1. The minimum atomic E-state index is -3.71. The van der Waals surface area contributed by atoms with Crippen molar-refractivity contribution in [2.75, 3.05) is 24.6 Å². The smallest absolute Gasteiger partial charge is 0.246 e. The molecule has 1 heterocycles. The number of benzene rings is 1. The van der Waals surface area contributed by atoms with Crippen molar-refractivity contribution in [3.8, 4) is 0 Å². The van der Waals surface area contributed by atoms with E-state index in [2.05, 4.69) is 13.8 Å². The fourth-order valence-corrected chi connectivity index (χ4v) is 6.03. The fraction of sp³-hybridized carbons (Fsp3) is 0.538. The summed E-state index contributed by atoms with van der Waals surface area (Å²) in [5, 5.41) is 0.132. The predicted molar refractivity (Wildman–Crippen MR) is 90.8 cm³/mol. The Balaban J connectivity index is 2.39. The molecule has 2 rings (SSSR count). The number of nitrogen functional groups attached to an aromatic ring is 1. The Morgan fingerprint density at radius 2 is 1.81 bits per heavy atom. The van der Waals surface area contributed by atoms with Gasteiger partial charge in [-0.25, -0.2) is 8.42 Å². The molecule has 8 heteroatoms. The lowest BCUT2D eigenvalue weighted by Crippen LogP contribution is -2.34. The standard InChI is InChI=1S/C13H18Cl2N2O2S2/c1-13(2)3-4-17(5-6-20-13)21(18,19)12-10(14)7-9(16)8-11(12)15/h7-8H,3-6,16H2,1-2H3. The largest absolute Gasteiger partial charge is 0.399 e. The van der Waals surface area contributed by atoms with Crippen LogP contribution in [0.4, 0.5) is 5.69 Å². The normalized spacial score (nSPS) is 20.2. The summed E-state index contributed by atoms with van der Waals surface area (Å²) in [4.78, 5) is -0.0512. The maximum absolute atomic E-state index is 12.8. The van der Waals surface area contributed by atoms with Gasteiger partial charge in [0.2, 0.25) is 10.0 Å². The van der Waals surface area contributed by atoms with E-state index in [9.17, 15) is 8.42 Å². The Hall–Kier alpha value is -0.140. The molecule has 0 bridgehead atoms. The molecule has 4 nitrogen and oxygen atoms in total. The van der Waals surface area contributed by atoms with Crippen LogP contribution in [0.2, 0.25) is 10.0 Å². The molecule has 1 saturated heterocycles. The highest BCUT2D eigenvalue weighted by atomic mass is 35.5. The summed E-state index contributed by atoms with van der Waals surface area (Å²) in [6.07, 6.45) is 0.779. The number of nitrogens with zero attached hydrogens (tertiary/aromatic N) is 1. The summed E-state index contributed by atoms with van der Waals surface area (Å²) in [5.74, 6) is 0.746. The zero-order valence-electron chi connectivity index (χ0n) is 11.9. The number of nitrogens with two attached hydrogens (primary N) is 1. The first kappa shape index (κ1) is 17.2. The maximum Gasteiger partial charge on any atom is 0.246 e. The van der Waals surface area contributed by atoms with E-state index in [-0.39, 0.29) is 19.7 Å². The number of thioether (sulfide) groups is 1. The number of hydrogen-bond acceptors (Lipinski definition) is 4. The van der Waals surface area contributed by atoms with Crippen molar-refractivity contribution in [1.82, 2.24) is 4.31 Å². The average molecular weight is 369 g/mol. The number of halogens is 2. The topological polar surface area (TPSA) is 63.4 Å². The molecule has 21 heavy (non-hydrogen) atoms. The minimum Gasteiger partial charge on any atom is -0.399 e. The highest BCUT2D eigenvalue weighted by molar-refractivity contribution is 8.00. The van der Waals surface area contributed by atoms with Crippen molar-refractivity contribution >= 4 is 50.7 Å². The Morgan fingerprint density at radius 3 is 2.38 bits per heavy atom. The molecule has 0 radical (unpaired) electrons. The molecule has 118 valence electrons. The molecule has 1 aromatic carbocycles. The zero-order valence-corrected chi connectivity index (χ0v) is 15.0. The average Bonchev–Trinajstić information content (AvgIpc) is 2.48. The van der Waals surface area contributed by atoms with Gasteiger partial charge >= 0.3 is 0 Å². The van der Waals surface area contributed by atoms with Gasteiger partial charge in [0.25, 0.3) is 0 Å². The quantitative estimate of drug-likeness (QED) is 0.811. The third kappa shape index (κ3) is 3.79. The van der Waals surface area contributed by atoms with Crippen LogP contribution < -0.4 is 5.73 Å². The number of rotatable bonds is 2. The second-order valence-corrected chi connectivity index (χ2v) is 10.1. The van der Waals surface area contributed by atoms with Crippen LogP contribution in [0.1, 0.15) is 20.3 Å². The summed E-state index contributed by atoms with van der Waals surface area (Å²) >= 11 is 13.9. The molecule has 0 aliphatic carbocycles. The molecule has 1 aliphatic heterocycles. The van der Waals surface area contributed by atoms with Gasteiger partial charge in [0, 0.05) is 29.3 Å². The van der Waals surface area contributed by atoms with Gasteiger partial charge in [-0.3, -0.25) is 0 Å². The molecule has 0 saturated carbocycles. The van der Waals surface area contributed by atoms with E-state index in [1.165, 1.54) is 16.4 Å². The van der Waals surface area contributed by atoms with Gasteiger partial charge in [-0.1, -0.05) is 37.0 Å². The number of sulfonamides is 1. The van der Waals surface area contributed by atoms with Gasteiger partial charge < -0.3 is 5.73 Å². The Kier molecular flexibility index (Phi) is 5.05. The number of anilines is 1. The van der Waals surface area contributed by atoms with Crippen LogP contribution >= 0.6 is 35.0 Å². The van der Waals surface area contributed by atoms with Crippen molar-refractivity contribution in [2.24, 2.45) is 0 Å². The Labute approximate surface area is 140 Å². The molecule has 0 atom stereocenters. The van der Waals surface area contributed by atoms with E-state index in [1.807, 2.05) is 0 Å². The zero-order chi connectivity index (χ0) is 15.8. The molecule has 1 aromatic rings. The molecule has 0 spiro atoms. The van der Waals surface area contributed by atoms with Crippen molar-refractivity contribution in [3.63, 3.8) is 0 Å². The molecule has 1 aliphatic rings. The maximum atomic E-state index is 12.8. The lowest BCUT2D eigenvalue weighted by Gasteiger charge is -2.23. The summed E-state index contributed by atoms with van der Waals surface area (Å²) in [7, 11) is -3.71. The van der Waals surface area contributed by atoms with Gasteiger partial charge in [0.1, 0.15) is 4.90 Å². The van der Waals surface area contributed by atoms with Crippen LogP contribution in [-0.4, -0.2) is 36.3 Å². The molecular weight excluding hydrogens is 351 g/mol. The second-order valence-electron chi connectivity index (χ2n) is 5.58. The summed E-state index contributed by atoms with van der Waals surface area (Å²) in [6, 6.07) is 2.83. The van der Waals surface area contributed by atoms with Crippen molar-refractivity contribution < 1.29 is 8.42 Å². The monoisotopic (exact) mass is 368 g/mol. The Bertz CT molecular complexity index is 625. The SMILES string of the molecule is CC1(C)CCN(S(=O)(=O)c2c(Cl)cc(N)cc2Cl)CCS1. The minimum absolute atomic E-state index is 0.0512. The van der Waals surface area contributed by atoms with E-state index < -0.39 is 10.0 Å². The van der Waals surface area contributed by atoms with Gasteiger partial charge in [0.15, 0.2) is 0 Å². The summed E-state index contributed by atoms with van der Waals surface area (Å²) < 4.78 is 27.1. The van der Waals surface area contributed by atoms with Crippen LogP contribution in [0.15, 0.2) is 17.0 Å². The summed E-state index contributed by atoms with van der Waals surface area (Å²) in [5.41, 5.74) is 5.97. The van der Waals surface area contributed by atoms with Crippen molar-refractivity contribution in [2.45, 2.75) is 29.9 Å². The molecular formula is C13H18Cl2N2O2S2. The first-order valence-corrected chi connectivity index (χ1v) is 9.70. The van der Waals surface area contributed by atoms with Gasteiger partial charge in [0.05, 0.1) is 10.0 Å². The predicted octanol–water partition coefficient (Wildman–Crippen LogP) is 3.48. The van der Waals surface area contributed by atoms with E-state index in [4.69, 9.17) is 28.9 Å². The molecule has 0 unspecified atom stereocenters. The lowest BCUT2D eigenvalue weighted by molar-refractivity contribution is 0.415. The van der Waals surface area contributed by atoms with Gasteiger partial charge in [-0.15, -0.1) is 0 Å². The molecule has 0 amide bonds. The molecule has 0 aromatic heterocycles. The third-order valence-electron chi connectivity index (χ3n) is 3.42. The first-order valence-electron chi connectivity index (χ1n) is 6.52. The van der Waals surface area contributed by atoms with Crippen LogP contribution in [0.5, 0.6) is 0 Å². The fourth-order valence-electron chi connectivity index (χ4n) is 2.20. The summed E-state index contributed by atoms with van der Waals surface area (Å²) in [6.45, 7) is 5.15. The van der Waals surface area contributed by atoms with E-state index in [1.54, 1.807) is 11.8 Å². The van der Waals surface area contributed by atoms with Crippen LogP contribution in [0, 0.1) is 0 Å². The van der Waals surface area contributed by atoms with Crippen LogP contribution in [0.25, 0.3) is 0 Å². The van der Waals surface area contributed by atoms with Crippen LogP contribution in [-0.2, 0) is 10.0 Å². The first-order chi connectivity index (χ1) is 9.63. The number of hydrogen-bond donors (Lipinski definition) is 1. The highest BCUT2D eigenvalue weighted by Crippen LogP contribution is 2.37. The van der Waals surface area contributed by atoms with Gasteiger partial charge in [-0.2, -0.15) is 16.1 Å². The van der Waals surface area contributed by atoms with E-state index >= 15 is 0 Å². The Morgan fingerprint density at radius 1 is 1.24 bits per heavy atom. The van der Waals surface area contributed by atoms with E-state index in [0.717, 1.165) is 12.2 Å².